The van der Waals surface area contributed by atoms with Gasteiger partial charge in [-0.25, -0.2) is 4.79 Å². The molecule has 31 heteroatoms. The molecule has 0 saturated carbocycles. The van der Waals surface area contributed by atoms with Gasteiger partial charge in [0.1, 0.15) is 72.5 Å². The Kier molecular flexibility index (Phi) is 45.9. The first kappa shape index (κ1) is 98.5. The van der Waals surface area contributed by atoms with Crippen LogP contribution in [0.2, 0.25) is 0 Å². The normalized spacial score (nSPS) is 16.1. The van der Waals surface area contributed by atoms with Gasteiger partial charge in [0.2, 0.25) is 70.9 Å². The minimum atomic E-state index is -1.32. The molecule has 0 aromatic heterocycles. The highest BCUT2D eigenvalue weighted by Gasteiger charge is 2.42. The Balaban J connectivity index is 1.93. The van der Waals surface area contributed by atoms with Crippen molar-refractivity contribution >= 4 is 76.9 Å². The van der Waals surface area contributed by atoms with Crippen molar-refractivity contribution in [3.63, 3.8) is 0 Å². The molecule has 1 fully saturated rings. The fraction of sp³-hybridized carbons (Fsp3) is 0.695. The van der Waals surface area contributed by atoms with Gasteiger partial charge in [-0.2, -0.15) is 0 Å². The Bertz CT molecular complexity index is 3290. The number of carbonyl (C=O) groups is 13. The van der Waals surface area contributed by atoms with E-state index >= 15 is 4.79 Å². The lowest BCUT2D eigenvalue weighted by molar-refractivity contribution is -0.143. The molecule has 13 atom stereocenters. The molecular formula is C82H139N17O14. The van der Waals surface area contributed by atoms with Crippen LogP contribution in [0.5, 0.6) is 0 Å². The highest BCUT2D eigenvalue weighted by atomic mass is 16.4. The molecule has 2 aromatic rings. The molecule has 1 aliphatic rings. The summed E-state index contributed by atoms with van der Waals surface area (Å²) < 4.78 is 0. The minimum Gasteiger partial charge on any atom is -0.480 e. The molecule has 22 N–H and O–H groups in total. The summed E-state index contributed by atoms with van der Waals surface area (Å²) in [7, 11) is 0. The van der Waals surface area contributed by atoms with E-state index in [1.54, 1.807) is 74.5 Å². The van der Waals surface area contributed by atoms with Gasteiger partial charge in [0.05, 0.1) is 6.04 Å². The lowest BCUT2D eigenvalue weighted by Gasteiger charge is -2.32. The van der Waals surface area contributed by atoms with Gasteiger partial charge in [-0.1, -0.05) is 150 Å². The van der Waals surface area contributed by atoms with Crippen LogP contribution < -0.4 is 87.2 Å². The second-order valence-electron chi connectivity index (χ2n) is 32.6. The quantitative estimate of drug-likeness (QED) is 0.0423. The molecule has 113 heavy (non-hydrogen) atoms. The summed E-state index contributed by atoms with van der Waals surface area (Å²) in [5.74, 6) is -10.9. The molecular weight excluding hydrogens is 1450 g/mol. The molecule has 0 aliphatic carbocycles. The second kappa shape index (κ2) is 52.7. The van der Waals surface area contributed by atoms with Gasteiger partial charge in [0, 0.05) is 19.4 Å². The third kappa shape index (κ3) is 37.0. The van der Waals surface area contributed by atoms with Crippen molar-refractivity contribution in [2.75, 3.05) is 32.7 Å². The zero-order valence-corrected chi connectivity index (χ0v) is 69.2. The van der Waals surface area contributed by atoms with Gasteiger partial charge in [-0.15, -0.1) is 0 Å². The molecule has 12 amide bonds. The molecule has 1 heterocycles. The molecule has 1 aliphatic heterocycles. The number of hydrogen-bond donors (Lipinski definition) is 17. The van der Waals surface area contributed by atoms with Crippen molar-refractivity contribution < 1.29 is 67.4 Å². The highest BCUT2D eigenvalue weighted by molar-refractivity contribution is 6.00. The van der Waals surface area contributed by atoms with Crippen molar-refractivity contribution in [1.82, 2.24) is 63.4 Å². The van der Waals surface area contributed by atoms with E-state index in [1.807, 2.05) is 69.2 Å². The Morgan fingerprint density at radius 2 is 0.664 bits per heavy atom. The van der Waals surface area contributed by atoms with Crippen LogP contribution in [0.15, 0.2) is 60.7 Å². The summed E-state index contributed by atoms with van der Waals surface area (Å²) in [4.78, 5) is 188. The fourth-order valence-corrected chi connectivity index (χ4v) is 13.5. The van der Waals surface area contributed by atoms with Crippen molar-refractivity contribution in [3.05, 3.63) is 71.8 Å². The van der Waals surface area contributed by atoms with Crippen LogP contribution in [0, 0.1) is 35.5 Å². The monoisotopic (exact) mass is 1590 g/mol. The Labute approximate surface area is 669 Å². The predicted octanol–water partition coefficient (Wildman–Crippen LogP) is 2.61. The van der Waals surface area contributed by atoms with Crippen LogP contribution in [0.1, 0.15) is 216 Å². The van der Waals surface area contributed by atoms with Gasteiger partial charge in [-0.05, 0) is 188 Å². The summed E-state index contributed by atoms with van der Waals surface area (Å²) in [6.45, 7) is 23.3. The largest absolute Gasteiger partial charge is 0.480 e. The fourth-order valence-electron chi connectivity index (χ4n) is 13.5. The molecule has 1 saturated heterocycles. The Morgan fingerprint density at radius 3 is 1.03 bits per heavy atom. The average Bonchev–Trinajstić information content (AvgIpc) is 1.73. The number of rotatable bonds is 55. The number of likely N-dealkylation sites (tertiary alicyclic amines) is 1. The third-order valence-corrected chi connectivity index (χ3v) is 19.6. The Morgan fingerprint density at radius 1 is 0.363 bits per heavy atom. The lowest BCUT2D eigenvalue weighted by atomic mass is 9.97. The van der Waals surface area contributed by atoms with Crippen molar-refractivity contribution in [2.45, 2.75) is 296 Å². The van der Waals surface area contributed by atoms with Crippen LogP contribution in [-0.4, -0.2) is 198 Å². The summed E-state index contributed by atoms with van der Waals surface area (Å²) in [6.07, 6.45) is 5.91. The maximum Gasteiger partial charge on any atom is 0.326 e. The molecule has 0 radical (unpaired) electrons. The molecule has 636 valence electrons. The maximum atomic E-state index is 15.1. The number of aliphatic carboxylic acids is 1. The zero-order valence-electron chi connectivity index (χ0n) is 69.2. The second-order valence-corrected chi connectivity index (χ2v) is 32.6. The van der Waals surface area contributed by atoms with E-state index in [9.17, 15) is 62.6 Å². The number of nitrogens with zero attached hydrogens (tertiary/aromatic N) is 1. The van der Waals surface area contributed by atoms with Crippen molar-refractivity contribution in [2.24, 2.45) is 64.2 Å². The van der Waals surface area contributed by atoms with Crippen LogP contribution in [0.25, 0.3) is 0 Å². The van der Waals surface area contributed by atoms with E-state index in [1.165, 1.54) is 4.90 Å². The predicted molar refractivity (Wildman–Crippen MR) is 436 cm³/mol. The van der Waals surface area contributed by atoms with Gasteiger partial charge in [0.25, 0.3) is 0 Å². The molecule has 0 bridgehead atoms. The third-order valence-electron chi connectivity index (χ3n) is 19.6. The number of hydrogen-bond acceptors (Lipinski definition) is 18. The smallest absolute Gasteiger partial charge is 0.326 e. The van der Waals surface area contributed by atoms with E-state index in [-0.39, 0.29) is 113 Å². The van der Waals surface area contributed by atoms with Gasteiger partial charge >= 0.3 is 5.97 Å². The molecule has 0 unspecified atom stereocenters. The van der Waals surface area contributed by atoms with Crippen molar-refractivity contribution in [1.29, 1.82) is 0 Å². The topological polar surface area (TPSA) is 508 Å². The minimum absolute atomic E-state index is 0.0108. The van der Waals surface area contributed by atoms with E-state index in [0.717, 1.165) is 0 Å². The van der Waals surface area contributed by atoms with Gasteiger partial charge < -0.3 is 97.2 Å². The molecule has 2 aromatic carbocycles. The zero-order chi connectivity index (χ0) is 84.4. The lowest BCUT2D eigenvalue weighted by Crippen LogP contribution is -2.61. The Hall–Kier alpha value is -8.65. The summed E-state index contributed by atoms with van der Waals surface area (Å²) in [5, 5.41) is 41.0. The summed E-state index contributed by atoms with van der Waals surface area (Å²) >= 11 is 0. The number of amides is 12. The first-order chi connectivity index (χ1) is 53.5. The first-order valence-electron chi connectivity index (χ1n) is 41.1. The number of carbonyl (C=O) groups excluding carboxylic acids is 12. The standard InChI is InChI=1S/C82H139N17O14/c1-49(2)42-61(91-73(103)60(35-22-26-40-86)90-72(102)59(34-21-25-39-85)89-71(101)58(33-20-24-38-84)88-70(100)57(87)32-19-23-37-83)74(104)92-62(43-50(3)4)75(105)96-66(46-53(9)10)81(111)99-41-27-36-68(99)79(109)94-65(47-55-28-15-13-16-29-55)77(107)93-64(45-52(7)8)78(108)98-69(54(11)12)80(110)95-63(44-51(5)6)76(106)97-67(82(112)113)48-56-30-17-14-18-31-56/h13-18,28-31,49-54,57-69H,19-27,32-48,83-87H2,1-12H3,(H,88,100)(H,89,101)(H,90,102)(H,91,103)(H,92,104)(H,93,107)(H,94,109)(H,95,110)(H,96,105)(H,97,106)(H,98,108)(H,112,113)/t57-,58-,59-,60-,61-,62-,63-,64-,65-,66-,67-,68-,69-/m0/s1. The first-order valence-corrected chi connectivity index (χ1v) is 41.1. The maximum absolute atomic E-state index is 15.1. The molecule has 3 rings (SSSR count). The van der Waals surface area contributed by atoms with Crippen LogP contribution in [0.4, 0.5) is 0 Å². The van der Waals surface area contributed by atoms with E-state index in [2.05, 4.69) is 58.5 Å². The van der Waals surface area contributed by atoms with E-state index in [4.69, 9.17) is 28.7 Å². The number of carboxylic acids is 1. The van der Waals surface area contributed by atoms with Crippen molar-refractivity contribution in [3.8, 4) is 0 Å². The van der Waals surface area contributed by atoms with E-state index in [0.29, 0.717) is 95.0 Å². The van der Waals surface area contributed by atoms with Crippen LogP contribution >= 0.6 is 0 Å². The van der Waals surface area contributed by atoms with Gasteiger partial charge in [0.15, 0.2) is 0 Å². The molecule has 31 nitrogen and oxygen atoms in total. The summed E-state index contributed by atoms with van der Waals surface area (Å²) in [5.41, 5.74) is 30.7. The number of unbranched alkanes of at least 4 members (excludes halogenated alkanes) is 4. The van der Waals surface area contributed by atoms with Crippen LogP contribution in [0.3, 0.4) is 0 Å². The summed E-state index contributed by atoms with van der Waals surface area (Å²) in [6, 6.07) is 2.10. The highest BCUT2D eigenvalue weighted by Crippen LogP contribution is 2.23. The number of carboxylic acid groups (broad SMARTS) is 1. The van der Waals surface area contributed by atoms with Gasteiger partial charge in [-0.3, -0.25) is 57.5 Å². The average molecular weight is 1590 g/mol. The number of nitrogens with two attached hydrogens (primary N) is 5. The number of nitrogens with one attached hydrogen (secondary N) is 11. The van der Waals surface area contributed by atoms with E-state index < -0.39 is 161 Å². The SMILES string of the molecule is CC(C)C[C@H](NC(=O)[C@H](CCCCN)NC(=O)[C@H](CCCCN)NC(=O)[C@H](CCCCN)NC(=O)[C@@H](N)CCCCN)C(=O)N[C@@H](CC(C)C)C(=O)N[C@@H](CC(C)C)C(=O)N1CCC[C@H]1C(=O)N[C@@H](Cc1ccccc1)C(=O)N[C@@H](CC(C)C)C(=O)N[C@H](C(=O)N[C@@H](CC(C)C)C(=O)N[C@@H](Cc1ccccc1)C(=O)O)C(C)C. The van der Waals surface area contributed by atoms with Crippen LogP contribution in [-0.2, 0) is 75.2 Å². The number of benzene rings is 2. The molecule has 0 spiro atoms.